The quantitative estimate of drug-likeness (QED) is 0.271. The van der Waals surface area contributed by atoms with Crippen molar-refractivity contribution >= 4 is 16.8 Å². The topological polar surface area (TPSA) is 42.4 Å². The SMILES string of the molecule is COc1ccc(-c2cc(C(=O)N(Cc3ccccc3)Cc3ccccc3)c3ccccc3n2)cc1. The highest BCUT2D eigenvalue weighted by Crippen LogP contribution is 2.28. The highest BCUT2D eigenvalue weighted by Gasteiger charge is 2.21. The molecule has 0 saturated heterocycles. The van der Waals surface area contributed by atoms with E-state index in [2.05, 4.69) is 24.3 Å². The highest BCUT2D eigenvalue weighted by molar-refractivity contribution is 6.07. The van der Waals surface area contributed by atoms with E-state index < -0.39 is 0 Å². The third kappa shape index (κ3) is 5.07. The summed E-state index contributed by atoms with van der Waals surface area (Å²) in [6.45, 7) is 1.03. The predicted molar refractivity (Wildman–Crippen MR) is 140 cm³/mol. The van der Waals surface area contributed by atoms with E-state index in [1.165, 1.54) is 0 Å². The van der Waals surface area contributed by atoms with Crippen molar-refractivity contribution in [3.8, 4) is 17.0 Å². The molecule has 4 heteroatoms. The number of hydrogen-bond donors (Lipinski definition) is 0. The molecule has 0 radical (unpaired) electrons. The Hall–Kier alpha value is -4.44. The Balaban J connectivity index is 1.58. The van der Waals surface area contributed by atoms with E-state index >= 15 is 0 Å². The lowest BCUT2D eigenvalue weighted by Gasteiger charge is -2.24. The standard InChI is InChI=1S/C31H26N2O2/c1-35-26-18-16-25(17-19-26)30-20-28(27-14-8-9-15-29(27)32-30)31(34)33(21-23-10-4-2-5-11-23)22-24-12-6-3-7-13-24/h2-20H,21-22H2,1H3. The normalized spacial score (nSPS) is 10.8. The van der Waals surface area contributed by atoms with E-state index in [1.54, 1.807) is 7.11 Å². The number of pyridine rings is 1. The lowest BCUT2D eigenvalue weighted by molar-refractivity contribution is 0.0732. The van der Waals surface area contributed by atoms with Gasteiger partial charge in [0.25, 0.3) is 5.91 Å². The number of nitrogens with zero attached hydrogens (tertiary/aromatic N) is 2. The van der Waals surface area contributed by atoms with Gasteiger partial charge in [-0.3, -0.25) is 4.79 Å². The van der Waals surface area contributed by atoms with Crippen LogP contribution in [0.5, 0.6) is 5.75 Å². The molecular formula is C31H26N2O2. The van der Waals surface area contributed by atoms with Gasteiger partial charge in [-0.15, -0.1) is 0 Å². The summed E-state index contributed by atoms with van der Waals surface area (Å²) in [6.07, 6.45) is 0. The Bertz CT molecular complexity index is 1390. The summed E-state index contributed by atoms with van der Waals surface area (Å²) in [5.41, 5.74) is 5.31. The Labute approximate surface area is 205 Å². The Morgan fingerprint density at radius 2 is 1.31 bits per heavy atom. The van der Waals surface area contributed by atoms with Crippen LogP contribution in [0.25, 0.3) is 22.2 Å². The van der Waals surface area contributed by atoms with Crippen LogP contribution in [0.1, 0.15) is 21.5 Å². The van der Waals surface area contributed by atoms with E-state index in [0.717, 1.165) is 39.0 Å². The molecule has 0 atom stereocenters. The van der Waals surface area contributed by atoms with Crippen LogP contribution in [0, 0.1) is 0 Å². The van der Waals surface area contributed by atoms with E-state index in [9.17, 15) is 4.79 Å². The zero-order valence-corrected chi connectivity index (χ0v) is 19.6. The van der Waals surface area contributed by atoms with Gasteiger partial charge >= 0.3 is 0 Å². The fourth-order valence-corrected chi connectivity index (χ4v) is 4.24. The molecule has 0 aliphatic rings. The summed E-state index contributed by atoms with van der Waals surface area (Å²) in [5, 5.41) is 0.848. The Morgan fingerprint density at radius 1 is 0.743 bits per heavy atom. The molecule has 35 heavy (non-hydrogen) atoms. The van der Waals surface area contributed by atoms with Crippen molar-refractivity contribution < 1.29 is 9.53 Å². The molecule has 0 aliphatic heterocycles. The molecule has 4 nitrogen and oxygen atoms in total. The molecule has 5 rings (SSSR count). The van der Waals surface area contributed by atoms with Crippen molar-refractivity contribution in [1.29, 1.82) is 0 Å². The minimum Gasteiger partial charge on any atom is -0.497 e. The van der Waals surface area contributed by atoms with E-state index in [1.807, 2.05) is 95.9 Å². The maximum atomic E-state index is 14.1. The molecule has 4 aromatic carbocycles. The molecular weight excluding hydrogens is 432 g/mol. The second kappa shape index (κ2) is 10.2. The number of hydrogen-bond acceptors (Lipinski definition) is 3. The molecule has 0 saturated carbocycles. The molecule has 0 fully saturated rings. The first-order valence-electron chi connectivity index (χ1n) is 11.6. The number of ether oxygens (including phenoxy) is 1. The maximum absolute atomic E-state index is 14.1. The van der Waals surface area contributed by atoms with Gasteiger partial charge in [-0.1, -0.05) is 78.9 Å². The predicted octanol–water partition coefficient (Wildman–Crippen LogP) is 6.75. The van der Waals surface area contributed by atoms with Crippen LogP contribution in [0.2, 0.25) is 0 Å². The number of benzene rings is 4. The van der Waals surface area contributed by atoms with Crippen LogP contribution >= 0.6 is 0 Å². The molecule has 172 valence electrons. The van der Waals surface area contributed by atoms with Gasteiger partial charge in [-0.2, -0.15) is 0 Å². The Kier molecular flexibility index (Phi) is 6.53. The van der Waals surface area contributed by atoms with Crippen molar-refractivity contribution in [2.24, 2.45) is 0 Å². The molecule has 0 unspecified atom stereocenters. The van der Waals surface area contributed by atoms with Crippen molar-refractivity contribution in [2.75, 3.05) is 7.11 Å². The van der Waals surface area contributed by atoms with Crippen LogP contribution < -0.4 is 4.74 Å². The largest absolute Gasteiger partial charge is 0.497 e. The van der Waals surface area contributed by atoms with Gasteiger partial charge in [0.2, 0.25) is 0 Å². The number of fused-ring (bicyclic) bond motifs is 1. The average Bonchev–Trinajstić information content (AvgIpc) is 2.93. The second-order valence-corrected chi connectivity index (χ2v) is 8.43. The number of aromatic nitrogens is 1. The summed E-state index contributed by atoms with van der Waals surface area (Å²) >= 11 is 0. The molecule has 5 aromatic rings. The minimum absolute atomic E-state index is 0.0222. The summed E-state index contributed by atoms with van der Waals surface area (Å²) in [6, 6.07) is 37.7. The third-order valence-electron chi connectivity index (χ3n) is 6.05. The Morgan fingerprint density at radius 3 is 1.91 bits per heavy atom. The summed E-state index contributed by atoms with van der Waals surface area (Å²) in [4.78, 5) is 20.9. The minimum atomic E-state index is -0.0222. The van der Waals surface area contributed by atoms with Crippen molar-refractivity contribution in [2.45, 2.75) is 13.1 Å². The van der Waals surface area contributed by atoms with Gasteiger partial charge in [0, 0.05) is 24.0 Å². The number of carbonyl (C=O) groups is 1. The molecule has 0 spiro atoms. The van der Waals surface area contributed by atoms with E-state index in [4.69, 9.17) is 9.72 Å². The van der Waals surface area contributed by atoms with E-state index in [-0.39, 0.29) is 5.91 Å². The number of rotatable bonds is 7. The van der Waals surface area contributed by atoms with Gasteiger partial charge in [0.05, 0.1) is 23.9 Å². The van der Waals surface area contributed by atoms with Crippen molar-refractivity contribution in [1.82, 2.24) is 9.88 Å². The van der Waals surface area contributed by atoms with Gasteiger partial charge in [0.1, 0.15) is 5.75 Å². The van der Waals surface area contributed by atoms with Crippen LogP contribution in [0.4, 0.5) is 0 Å². The van der Waals surface area contributed by atoms with Gasteiger partial charge < -0.3 is 9.64 Å². The van der Waals surface area contributed by atoms with Gasteiger partial charge in [0.15, 0.2) is 0 Å². The lowest BCUT2D eigenvalue weighted by Crippen LogP contribution is -2.30. The smallest absolute Gasteiger partial charge is 0.255 e. The lowest BCUT2D eigenvalue weighted by atomic mass is 10.0. The number of amides is 1. The fraction of sp³-hybridized carbons (Fsp3) is 0.0968. The first-order chi connectivity index (χ1) is 17.2. The first kappa shape index (κ1) is 22.4. The third-order valence-corrected chi connectivity index (χ3v) is 6.05. The first-order valence-corrected chi connectivity index (χ1v) is 11.6. The van der Waals surface area contributed by atoms with Crippen LogP contribution in [-0.2, 0) is 13.1 Å². The number of para-hydroxylation sites is 1. The van der Waals surface area contributed by atoms with Crippen LogP contribution in [-0.4, -0.2) is 22.9 Å². The zero-order valence-electron chi connectivity index (χ0n) is 19.6. The summed E-state index contributed by atoms with van der Waals surface area (Å²) < 4.78 is 5.30. The van der Waals surface area contributed by atoms with Crippen molar-refractivity contribution in [3.05, 3.63) is 132 Å². The zero-order chi connectivity index (χ0) is 24.0. The fourth-order valence-electron chi connectivity index (χ4n) is 4.24. The summed E-state index contributed by atoms with van der Waals surface area (Å²) in [7, 11) is 1.65. The maximum Gasteiger partial charge on any atom is 0.255 e. The molecule has 0 aliphatic carbocycles. The highest BCUT2D eigenvalue weighted by atomic mass is 16.5. The van der Waals surface area contributed by atoms with Crippen LogP contribution in [0.3, 0.4) is 0 Å². The van der Waals surface area contributed by atoms with Gasteiger partial charge in [-0.05, 0) is 47.5 Å². The van der Waals surface area contributed by atoms with Crippen molar-refractivity contribution in [3.63, 3.8) is 0 Å². The van der Waals surface area contributed by atoms with Crippen LogP contribution in [0.15, 0.2) is 115 Å². The molecule has 1 aromatic heterocycles. The summed E-state index contributed by atoms with van der Waals surface area (Å²) in [5.74, 6) is 0.758. The monoisotopic (exact) mass is 458 g/mol. The molecule has 0 N–H and O–H groups in total. The number of carbonyl (C=O) groups excluding carboxylic acids is 1. The van der Waals surface area contributed by atoms with Gasteiger partial charge in [-0.25, -0.2) is 4.98 Å². The second-order valence-electron chi connectivity index (χ2n) is 8.43. The van der Waals surface area contributed by atoms with E-state index in [0.29, 0.717) is 18.7 Å². The number of methoxy groups -OCH3 is 1. The molecule has 0 bridgehead atoms. The molecule has 1 amide bonds. The average molecular weight is 459 g/mol. The molecule has 1 heterocycles.